The molecule has 0 amide bonds. The Morgan fingerprint density at radius 3 is 1.35 bits per heavy atom. The number of thiophene rings is 3. The summed E-state index contributed by atoms with van der Waals surface area (Å²) in [6.45, 7) is 0. The summed E-state index contributed by atoms with van der Waals surface area (Å²) in [6, 6.07) is 55.5. The van der Waals surface area contributed by atoms with Gasteiger partial charge in [0.15, 0.2) is 0 Å². The molecule has 3 unspecified atom stereocenters. The first kappa shape index (κ1) is 29.8. The van der Waals surface area contributed by atoms with Gasteiger partial charge in [-0.2, -0.15) is 0 Å². The summed E-state index contributed by atoms with van der Waals surface area (Å²) in [5, 5.41) is 19.9. The van der Waals surface area contributed by atoms with Gasteiger partial charge in [-0.05, 0) is 17.7 Å². The Bertz CT molecular complexity index is 2940. The van der Waals surface area contributed by atoms with Crippen LogP contribution in [0.2, 0.25) is 0 Å². The highest BCUT2D eigenvalue weighted by Gasteiger charge is 2.32. The molecule has 1 saturated heterocycles. The Hall–Kier alpha value is -4.92. The van der Waals surface area contributed by atoms with Crippen molar-refractivity contribution in [1.29, 1.82) is 0 Å². The van der Waals surface area contributed by atoms with Crippen LogP contribution in [0.4, 0.5) is 0 Å². The van der Waals surface area contributed by atoms with Gasteiger partial charge in [0.1, 0.15) is 0 Å². The van der Waals surface area contributed by atoms with Gasteiger partial charge in [-0.1, -0.05) is 140 Å². The van der Waals surface area contributed by atoms with E-state index in [9.17, 15) is 0 Å². The molecule has 244 valence electrons. The predicted molar refractivity (Wildman–Crippen MR) is 221 cm³/mol. The van der Waals surface area contributed by atoms with Crippen LogP contribution in [0.1, 0.15) is 35.2 Å². The second kappa shape index (κ2) is 11.8. The number of nitrogens with one attached hydrogen (secondary N) is 3. The zero-order valence-electron chi connectivity index (χ0n) is 27.4. The number of hydrogen-bond acceptors (Lipinski definition) is 6. The summed E-state index contributed by atoms with van der Waals surface area (Å²) in [6.07, 6.45) is -0.195. The van der Waals surface area contributed by atoms with Crippen LogP contribution in [0.15, 0.2) is 152 Å². The van der Waals surface area contributed by atoms with Crippen LogP contribution in [0.25, 0.3) is 71.6 Å². The fourth-order valence-corrected chi connectivity index (χ4v) is 11.9. The Morgan fingerprint density at radius 2 is 0.725 bits per heavy atom. The zero-order chi connectivity index (χ0) is 33.5. The third kappa shape index (κ3) is 4.72. The molecule has 3 N–H and O–H groups in total. The Labute approximate surface area is 306 Å². The van der Waals surface area contributed by atoms with Crippen molar-refractivity contribution in [3.63, 3.8) is 0 Å². The van der Waals surface area contributed by atoms with Gasteiger partial charge in [-0.15, -0.1) is 34.0 Å². The van der Waals surface area contributed by atoms with Crippen molar-refractivity contribution in [2.45, 2.75) is 18.5 Å². The van der Waals surface area contributed by atoms with E-state index in [1.807, 2.05) is 34.0 Å². The predicted octanol–water partition coefficient (Wildman–Crippen LogP) is 12.6. The second-order valence-corrected chi connectivity index (χ2v) is 16.4. The maximum absolute atomic E-state index is 4.04. The van der Waals surface area contributed by atoms with Crippen molar-refractivity contribution in [2.75, 3.05) is 0 Å². The molecule has 0 radical (unpaired) electrons. The van der Waals surface area contributed by atoms with Crippen LogP contribution in [0, 0.1) is 0 Å². The zero-order valence-corrected chi connectivity index (χ0v) is 29.8. The maximum atomic E-state index is 4.04. The summed E-state index contributed by atoms with van der Waals surface area (Å²) < 4.78 is 8.00. The van der Waals surface area contributed by atoms with E-state index in [1.54, 1.807) is 0 Å². The highest BCUT2D eigenvalue weighted by atomic mass is 32.1. The van der Waals surface area contributed by atoms with E-state index in [4.69, 9.17) is 0 Å². The minimum Gasteiger partial charge on any atom is -0.279 e. The number of hydrogen-bond donors (Lipinski definition) is 3. The second-order valence-electron chi connectivity index (χ2n) is 13.3. The van der Waals surface area contributed by atoms with Gasteiger partial charge in [0.05, 0.1) is 18.5 Å². The summed E-state index contributed by atoms with van der Waals surface area (Å²) in [5.41, 5.74) is 6.39. The Kier molecular flexibility index (Phi) is 6.90. The van der Waals surface area contributed by atoms with Gasteiger partial charge in [-0.25, -0.2) is 0 Å². The lowest BCUT2D eigenvalue weighted by molar-refractivity contribution is 0.205. The van der Waals surface area contributed by atoms with Crippen LogP contribution < -0.4 is 16.0 Å². The molecule has 0 aliphatic carbocycles. The van der Waals surface area contributed by atoms with Crippen LogP contribution in [-0.2, 0) is 0 Å². The number of fused-ring (bicyclic) bond motifs is 9. The average molecular weight is 710 g/mol. The Balaban J connectivity index is 1.07. The molecular weight excluding hydrogens is 679 g/mol. The molecule has 0 spiro atoms. The molecule has 0 bridgehead atoms. The van der Waals surface area contributed by atoms with Gasteiger partial charge in [0, 0.05) is 82.8 Å². The van der Waals surface area contributed by atoms with Crippen LogP contribution in [0.5, 0.6) is 0 Å². The molecule has 1 fully saturated rings. The van der Waals surface area contributed by atoms with Crippen molar-refractivity contribution in [1.82, 2.24) is 16.0 Å². The van der Waals surface area contributed by atoms with E-state index in [-0.39, 0.29) is 18.5 Å². The fraction of sp³-hybridized carbons (Fsp3) is 0.0667. The average Bonchev–Trinajstić information content (AvgIpc) is 3.89. The van der Waals surface area contributed by atoms with Gasteiger partial charge in [0.25, 0.3) is 0 Å². The molecule has 11 rings (SSSR count). The topological polar surface area (TPSA) is 36.1 Å². The highest BCUT2D eigenvalue weighted by molar-refractivity contribution is 7.27. The fourth-order valence-electron chi connectivity index (χ4n) is 8.08. The van der Waals surface area contributed by atoms with E-state index in [0.29, 0.717) is 0 Å². The monoisotopic (exact) mass is 709 g/mol. The third-order valence-electron chi connectivity index (χ3n) is 10.4. The maximum Gasteiger partial charge on any atom is 0.0878 e. The van der Waals surface area contributed by atoms with Gasteiger partial charge in [0.2, 0.25) is 0 Å². The summed E-state index contributed by atoms with van der Waals surface area (Å²) >= 11 is 5.71. The standard InChI is InChI=1S/C45H31N3S3/c1-2-12-26(13-3-1)43-46-44(35-22-10-17-30-28-15-5-7-25-38(28)50-41(30)35)48-45(47-43)36-23-11-21-34-33-20-9-19-32(40(33)51-42(34)36)31-18-8-16-29-27-14-4-6-24-37(27)49-39(29)31/h1-25,43-48H. The lowest BCUT2D eigenvalue weighted by Gasteiger charge is -2.40. The highest BCUT2D eigenvalue weighted by Crippen LogP contribution is 2.47. The smallest absolute Gasteiger partial charge is 0.0878 e. The molecule has 6 heteroatoms. The van der Waals surface area contributed by atoms with Crippen LogP contribution >= 0.6 is 34.0 Å². The first-order valence-corrected chi connectivity index (χ1v) is 19.8. The van der Waals surface area contributed by atoms with Crippen molar-refractivity contribution >= 4 is 94.5 Å². The molecule has 51 heavy (non-hydrogen) atoms. The molecule has 4 heterocycles. The molecule has 1 aliphatic rings. The summed E-state index contributed by atoms with van der Waals surface area (Å²) in [7, 11) is 0. The van der Waals surface area contributed by atoms with Crippen molar-refractivity contribution < 1.29 is 0 Å². The third-order valence-corrected chi connectivity index (χ3v) is 14.2. The first-order chi connectivity index (χ1) is 25.3. The lowest BCUT2D eigenvalue weighted by atomic mass is 9.99. The normalized spacial score (nSPS) is 18.2. The van der Waals surface area contributed by atoms with Crippen molar-refractivity contribution in [3.05, 3.63) is 168 Å². The molecule has 7 aromatic carbocycles. The van der Waals surface area contributed by atoms with E-state index in [2.05, 4.69) is 168 Å². The van der Waals surface area contributed by atoms with Crippen molar-refractivity contribution in [2.24, 2.45) is 0 Å². The largest absolute Gasteiger partial charge is 0.279 e. The lowest BCUT2D eigenvalue weighted by Crippen LogP contribution is -2.54. The van der Waals surface area contributed by atoms with Gasteiger partial charge >= 0.3 is 0 Å². The van der Waals surface area contributed by atoms with Crippen LogP contribution in [-0.4, -0.2) is 0 Å². The molecule has 1 aliphatic heterocycles. The van der Waals surface area contributed by atoms with Crippen molar-refractivity contribution in [3.8, 4) is 11.1 Å². The van der Waals surface area contributed by atoms with E-state index in [0.717, 1.165) is 0 Å². The minimum atomic E-state index is -0.0858. The molecule has 0 saturated carbocycles. The van der Waals surface area contributed by atoms with Gasteiger partial charge in [-0.3, -0.25) is 16.0 Å². The summed E-state index contributed by atoms with van der Waals surface area (Å²) in [5.74, 6) is 0. The molecule has 3 aromatic heterocycles. The SMILES string of the molecule is c1ccc(C2NC(c3cccc4c3sc3ccccc34)NC(c3cccc4c3sc3c(-c5cccc6c5sc5ccccc56)cccc34)N2)cc1. The minimum absolute atomic E-state index is 0.0437. The first-order valence-electron chi connectivity index (χ1n) is 17.4. The van der Waals surface area contributed by atoms with E-state index >= 15 is 0 Å². The molecule has 3 nitrogen and oxygen atoms in total. The molecule has 3 atom stereocenters. The van der Waals surface area contributed by atoms with Crippen LogP contribution in [0.3, 0.4) is 0 Å². The number of rotatable bonds is 4. The summed E-state index contributed by atoms with van der Waals surface area (Å²) in [4.78, 5) is 0. The molecule has 10 aromatic rings. The van der Waals surface area contributed by atoms with E-state index in [1.165, 1.54) is 88.3 Å². The molecular formula is C45H31N3S3. The number of benzene rings is 7. The van der Waals surface area contributed by atoms with E-state index < -0.39 is 0 Å². The van der Waals surface area contributed by atoms with Gasteiger partial charge < -0.3 is 0 Å². The quantitative estimate of drug-likeness (QED) is 0.170. The Morgan fingerprint density at radius 1 is 0.314 bits per heavy atom.